The Morgan fingerprint density at radius 2 is 2.29 bits per heavy atom. The molecule has 21 heavy (non-hydrogen) atoms. The van der Waals surface area contributed by atoms with Gasteiger partial charge >= 0.3 is 0 Å². The normalized spacial score (nSPS) is 27.6. The SMILES string of the molecule is CCOC1(C(N)Cc2cccc(F)c2Cl)CCCC(C)C1. The quantitative estimate of drug-likeness (QED) is 0.878. The fourth-order valence-corrected chi connectivity index (χ4v) is 3.74. The molecule has 3 unspecified atom stereocenters. The van der Waals surface area contributed by atoms with E-state index in [9.17, 15) is 4.39 Å². The fraction of sp³-hybridized carbons (Fsp3) is 0.647. The van der Waals surface area contributed by atoms with Crippen LogP contribution in [0, 0.1) is 11.7 Å². The Balaban J connectivity index is 2.18. The van der Waals surface area contributed by atoms with Crippen LogP contribution in [0.5, 0.6) is 0 Å². The van der Waals surface area contributed by atoms with E-state index in [1.165, 1.54) is 12.5 Å². The van der Waals surface area contributed by atoms with E-state index in [-0.39, 0.29) is 22.5 Å². The maximum Gasteiger partial charge on any atom is 0.142 e. The van der Waals surface area contributed by atoms with Crippen molar-refractivity contribution < 1.29 is 9.13 Å². The van der Waals surface area contributed by atoms with Crippen molar-refractivity contribution in [3.8, 4) is 0 Å². The van der Waals surface area contributed by atoms with Gasteiger partial charge in [-0.3, -0.25) is 0 Å². The summed E-state index contributed by atoms with van der Waals surface area (Å²) in [6.07, 6.45) is 4.84. The summed E-state index contributed by atoms with van der Waals surface area (Å²) in [7, 11) is 0. The van der Waals surface area contributed by atoms with E-state index >= 15 is 0 Å². The van der Waals surface area contributed by atoms with Crippen molar-refractivity contribution in [2.75, 3.05) is 6.61 Å². The molecule has 0 saturated heterocycles. The van der Waals surface area contributed by atoms with E-state index in [2.05, 4.69) is 6.92 Å². The predicted octanol–water partition coefficient (Wildman–Crippen LogP) is 4.33. The molecule has 0 radical (unpaired) electrons. The average Bonchev–Trinajstić information content (AvgIpc) is 2.44. The lowest BCUT2D eigenvalue weighted by Crippen LogP contribution is -2.53. The van der Waals surface area contributed by atoms with E-state index in [4.69, 9.17) is 22.1 Å². The number of rotatable bonds is 5. The zero-order valence-corrected chi connectivity index (χ0v) is 13.6. The highest BCUT2D eigenvalue weighted by atomic mass is 35.5. The smallest absolute Gasteiger partial charge is 0.142 e. The zero-order chi connectivity index (χ0) is 15.5. The Morgan fingerprint density at radius 3 is 2.95 bits per heavy atom. The summed E-state index contributed by atoms with van der Waals surface area (Å²) in [6, 6.07) is 4.73. The molecule has 3 atom stereocenters. The highest BCUT2D eigenvalue weighted by molar-refractivity contribution is 6.31. The number of hydrogen-bond acceptors (Lipinski definition) is 2. The highest BCUT2D eigenvalue weighted by Crippen LogP contribution is 2.38. The van der Waals surface area contributed by atoms with Crippen molar-refractivity contribution in [3.63, 3.8) is 0 Å². The lowest BCUT2D eigenvalue weighted by Gasteiger charge is -2.44. The van der Waals surface area contributed by atoms with Gasteiger partial charge in [0.15, 0.2) is 0 Å². The third-order valence-corrected chi connectivity index (χ3v) is 4.99. The van der Waals surface area contributed by atoms with Gasteiger partial charge in [-0.05, 0) is 43.7 Å². The third kappa shape index (κ3) is 3.77. The summed E-state index contributed by atoms with van der Waals surface area (Å²) in [5, 5.41) is 0.184. The maximum atomic E-state index is 13.6. The van der Waals surface area contributed by atoms with Gasteiger partial charge in [0.05, 0.1) is 10.6 Å². The monoisotopic (exact) mass is 313 g/mol. The molecule has 1 aliphatic carbocycles. The van der Waals surface area contributed by atoms with Crippen LogP contribution in [0.3, 0.4) is 0 Å². The Labute approximate surface area is 131 Å². The van der Waals surface area contributed by atoms with Gasteiger partial charge in [-0.2, -0.15) is 0 Å². The van der Waals surface area contributed by atoms with Crippen molar-refractivity contribution in [2.45, 2.75) is 57.6 Å². The van der Waals surface area contributed by atoms with Crippen LogP contribution in [0.1, 0.15) is 45.1 Å². The van der Waals surface area contributed by atoms with Crippen LogP contribution in [0.15, 0.2) is 18.2 Å². The lowest BCUT2D eigenvalue weighted by molar-refractivity contribution is -0.0925. The first-order valence-electron chi connectivity index (χ1n) is 7.81. The van der Waals surface area contributed by atoms with E-state index in [0.29, 0.717) is 18.9 Å². The molecule has 2 N–H and O–H groups in total. The van der Waals surface area contributed by atoms with Crippen molar-refractivity contribution >= 4 is 11.6 Å². The molecule has 0 bridgehead atoms. The van der Waals surface area contributed by atoms with Crippen molar-refractivity contribution in [3.05, 3.63) is 34.6 Å². The summed E-state index contributed by atoms with van der Waals surface area (Å²) >= 11 is 6.06. The van der Waals surface area contributed by atoms with E-state index < -0.39 is 0 Å². The molecular weight excluding hydrogens is 289 g/mol. The lowest BCUT2D eigenvalue weighted by atomic mass is 9.73. The molecule has 0 aromatic heterocycles. The number of ether oxygens (including phenoxy) is 1. The van der Waals surface area contributed by atoms with Crippen LogP contribution in [0.4, 0.5) is 4.39 Å². The first-order valence-corrected chi connectivity index (χ1v) is 8.18. The van der Waals surface area contributed by atoms with Gasteiger partial charge in [0.1, 0.15) is 5.82 Å². The Kier molecular flexibility index (Phi) is 5.64. The second kappa shape index (κ2) is 7.08. The van der Waals surface area contributed by atoms with Crippen LogP contribution in [-0.4, -0.2) is 18.2 Å². The van der Waals surface area contributed by atoms with Gasteiger partial charge in [-0.15, -0.1) is 0 Å². The molecule has 0 spiro atoms. The van der Waals surface area contributed by atoms with Crippen LogP contribution < -0.4 is 5.73 Å². The van der Waals surface area contributed by atoms with Gasteiger partial charge in [-0.1, -0.05) is 43.5 Å². The van der Waals surface area contributed by atoms with E-state index in [1.54, 1.807) is 6.07 Å². The Morgan fingerprint density at radius 1 is 1.52 bits per heavy atom. The van der Waals surface area contributed by atoms with Gasteiger partial charge in [0.2, 0.25) is 0 Å². The van der Waals surface area contributed by atoms with Gasteiger partial charge in [0.25, 0.3) is 0 Å². The Hall–Kier alpha value is -0.640. The van der Waals surface area contributed by atoms with Crippen LogP contribution in [0.25, 0.3) is 0 Å². The summed E-state index contributed by atoms with van der Waals surface area (Å²) in [5.41, 5.74) is 6.94. The maximum absolute atomic E-state index is 13.6. The largest absolute Gasteiger partial charge is 0.374 e. The molecule has 1 fully saturated rings. The molecule has 1 aromatic carbocycles. The van der Waals surface area contributed by atoms with Crippen molar-refractivity contribution in [1.82, 2.24) is 0 Å². The minimum Gasteiger partial charge on any atom is -0.374 e. The van der Waals surface area contributed by atoms with Crippen molar-refractivity contribution in [1.29, 1.82) is 0 Å². The summed E-state index contributed by atoms with van der Waals surface area (Å²) in [5.74, 6) is 0.225. The molecule has 2 rings (SSSR count). The van der Waals surface area contributed by atoms with Gasteiger partial charge in [0, 0.05) is 12.6 Å². The molecule has 0 heterocycles. The van der Waals surface area contributed by atoms with E-state index in [1.807, 2.05) is 13.0 Å². The minimum absolute atomic E-state index is 0.167. The summed E-state index contributed by atoms with van der Waals surface area (Å²) < 4.78 is 19.7. The van der Waals surface area contributed by atoms with Gasteiger partial charge in [-0.25, -0.2) is 4.39 Å². The minimum atomic E-state index is -0.385. The van der Waals surface area contributed by atoms with Crippen molar-refractivity contribution in [2.24, 2.45) is 11.7 Å². The predicted molar refractivity (Wildman–Crippen MR) is 85.1 cm³/mol. The molecule has 1 saturated carbocycles. The van der Waals surface area contributed by atoms with Crippen LogP contribution in [0.2, 0.25) is 5.02 Å². The molecule has 2 nitrogen and oxygen atoms in total. The molecule has 118 valence electrons. The molecule has 0 amide bonds. The molecule has 1 aromatic rings. The number of halogens is 2. The standard InChI is InChI=1S/C17H25ClFNO/c1-3-21-17(9-5-6-12(2)11-17)15(20)10-13-7-4-8-14(19)16(13)18/h4,7-8,12,15H,3,5-6,9-11,20H2,1-2H3. The topological polar surface area (TPSA) is 35.2 Å². The molecule has 0 aliphatic heterocycles. The van der Waals surface area contributed by atoms with Crippen LogP contribution in [-0.2, 0) is 11.2 Å². The highest BCUT2D eigenvalue weighted by Gasteiger charge is 2.41. The van der Waals surface area contributed by atoms with Crippen LogP contribution >= 0.6 is 11.6 Å². The second-order valence-corrected chi connectivity index (χ2v) is 6.60. The number of nitrogens with two attached hydrogens (primary N) is 1. The second-order valence-electron chi connectivity index (χ2n) is 6.22. The Bertz CT molecular complexity index is 478. The zero-order valence-electron chi connectivity index (χ0n) is 12.9. The number of hydrogen-bond donors (Lipinski definition) is 1. The molecule has 4 heteroatoms. The molecule has 1 aliphatic rings. The summed E-state index contributed by atoms with van der Waals surface area (Å²) in [4.78, 5) is 0. The molecular formula is C17H25ClFNO. The first-order chi connectivity index (χ1) is 9.98. The average molecular weight is 314 g/mol. The fourth-order valence-electron chi connectivity index (χ4n) is 3.54. The third-order valence-electron chi connectivity index (χ3n) is 4.57. The van der Waals surface area contributed by atoms with Gasteiger partial charge < -0.3 is 10.5 Å². The van der Waals surface area contributed by atoms with E-state index in [0.717, 1.165) is 24.8 Å². The number of benzene rings is 1. The summed E-state index contributed by atoms with van der Waals surface area (Å²) in [6.45, 7) is 4.90. The first kappa shape index (κ1) is 16.7.